The number of halogens is 2. The maximum absolute atomic E-state index is 13.9. The van der Waals surface area contributed by atoms with Crippen LogP contribution in [0.1, 0.15) is 56.1 Å². The van der Waals surface area contributed by atoms with Crippen LogP contribution >= 0.6 is 22.6 Å². The molecule has 2 aromatic carbocycles. The Bertz CT molecular complexity index is 1030. The normalized spacial score (nSPS) is 24.7. The van der Waals surface area contributed by atoms with Crippen molar-refractivity contribution in [1.82, 2.24) is 0 Å². The summed E-state index contributed by atoms with van der Waals surface area (Å²) >= 11 is 2.28. The Morgan fingerprint density at radius 3 is 2.53 bits per heavy atom. The molecule has 4 rings (SSSR count). The van der Waals surface area contributed by atoms with E-state index < -0.39 is 20.4 Å². The van der Waals surface area contributed by atoms with Crippen molar-refractivity contribution in [3.63, 3.8) is 0 Å². The number of aldehydes is 1. The molecule has 6 heteroatoms. The van der Waals surface area contributed by atoms with Gasteiger partial charge in [-0.3, -0.25) is 0 Å². The minimum Gasteiger partial charge on any atom is -0.303 e. The Morgan fingerprint density at radius 1 is 1.07 bits per heavy atom. The third-order valence-electron chi connectivity index (χ3n) is 6.85. The highest BCUT2D eigenvalue weighted by Gasteiger charge is 2.73. The molecule has 0 saturated heterocycles. The van der Waals surface area contributed by atoms with E-state index in [4.69, 9.17) is 0 Å². The van der Waals surface area contributed by atoms with Gasteiger partial charge in [0.2, 0.25) is 0 Å². The Morgan fingerprint density at radius 2 is 1.80 bits per heavy atom. The topological polar surface area (TPSA) is 51.2 Å². The highest BCUT2D eigenvalue weighted by atomic mass is 127. The van der Waals surface area contributed by atoms with Crippen LogP contribution in [0.2, 0.25) is 0 Å². The van der Waals surface area contributed by atoms with Crippen molar-refractivity contribution in [2.24, 2.45) is 11.8 Å². The minimum atomic E-state index is -3.65. The maximum Gasteiger partial charge on any atom is 0.188 e. The Balaban J connectivity index is 1.67. The molecule has 0 radical (unpaired) electrons. The second-order valence-electron chi connectivity index (χ2n) is 8.46. The van der Waals surface area contributed by atoms with Crippen LogP contribution in [0.3, 0.4) is 0 Å². The molecule has 2 aliphatic rings. The van der Waals surface area contributed by atoms with Gasteiger partial charge in [-0.1, -0.05) is 25.3 Å². The Kier molecular flexibility index (Phi) is 6.35. The van der Waals surface area contributed by atoms with Gasteiger partial charge in [-0.15, -0.1) is 0 Å². The van der Waals surface area contributed by atoms with E-state index in [2.05, 4.69) is 28.7 Å². The SMILES string of the molecule is O=CCCCCCCC1C2CCc3cc(I)ccc3C12S(=O)(=O)c1ccc(F)cc1. The number of rotatable bonds is 9. The maximum atomic E-state index is 13.9. The van der Waals surface area contributed by atoms with Crippen molar-refractivity contribution in [2.45, 2.75) is 61.0 Å². The largest absolute Gasteiger partial charge is 0.303 e. The fourth-order valence-corrected chi connectivity index (χ4v) is 8.72. The van der Waals surface area contributed by atoms with E-state index in [1.807, 2.05) is 12.1 Å². The first kappa shape index (κ1) is 21.9. The van der Waals surface area contributed by atoms with Gasteiger partial charge in [0.1, 0.15) is 16.9 Å². The zero-order valence-corrected chi connectivity index (χ0v) is 19.8. The van der Waals surface area contributed by atoms with E-state index in [1.54, 1.807) is 0 Å². The van der Waals surface area contributed by atoms with Crippen LogP contribution < -0.4 is 0 Å². The van der Waals surface area contributed by atoms with Crippen molar-refractivity contribution in [3.8, 4) is 0 Å². The van der Waals surface area contributed by atoms with Crippen LogP contribution in [0.5, 0.6) is 0 Å². The first-order valence-corrected chi connectivity index (χ1v) is 13.2. The lowest BCUT2D eigenvalue weighted by Gasteiger charge is -2.27. The highest BCUT2D eigenvalue weighted by Crippen LogP contribution is 2.70. The standard InChI is InChI=1S/C24H26FIO3S/c25-18-8-11-20(12-9-18)30(28,29)24-21-14-10-19(26)16-17(21)7-13-23(24)22(24)6-4-2-1-3-5-15-27/h8-12,14-16,22-23H,1-7,13H2. The third kappa shape index (κ3) is 3.64. The molecule has 3 atom stereocenters. The molecular weight excluding hydrogens is 514 g/mol. The molecule has 0 aliphatic heterocycles. The van der Waals surface area contributed by atoms with E-state index in [9.17, 15) is 17.6 Å². The molecule has 2 aromatic rings. The van der Waals surface area contributed by atoms with Gasteiger partial charge >= 0.3 is 0 Å². The van der Waals surface area contributed by atoms with Crippen molar-refractivity contribution in [3.05, 3.63) is 63.0 Å². The molecule has 1 saturated carbocycles. The molecule has 1 fully saturated rings. The number of hydrogen-bond donors (Lipinski definition) is 0. The van der Waals surface area contributed by atoms with Crippen molar-refractivity contribution < 1.29 is 17.6 Å². The van der Waals surface area contributed by atoms with Gasteiger partial charge in [0.15, 0.2) is 9.84 Å². The Labute approximate surface area is 191 Å². The van der Waals surface area contributed by atoms with Gasteiger partial charge in [-0.25, -0.2) is 12.8 Å². The number of unbranched alkanes of at least 4 members (excludes halogenated alkanes) is 4. The molecule has 160 valence electrons. The van der Waals surface area contributed by atoms with Crippen molar-refractivity contribution >= 4 is 38.7 Å². The zero-order chi connectivity index (χ0) is 21.4. The summed E-state index contributed by atoms with van der Waals surface area (Å²) in [5, 5.41) is 0. The lowest BCUT2D eigenvalue weighted by Crippen LogP contribution is -2.29. The van der Waals surface area contributed by atoms with E-state index in [1.165, 1.54) is 24.3 Å². The van der Waals surface area contributed by atoms with Crippen molar-refractivity contribution in [2.75, 3.05) is 0 Å². The van der Waals surface area contributed by atoms with Crippen LogP contribution in [-0.4, -0.2) is 14.7 Å². The summed E-state index contributed by atoms with van der Waals surface area (Å²) in [5.41, 5.74) is 2.09. The quantitative estimate of drug-likeness (QED) is 0.174. The van der Waals surface area contributed by atoms with Gasteiger partial charge in [0, 0.05) is 9.99 Å². The molecule has 30 heavy (non-hydrogen) atoms. The van der Waals surface area contributed by atoms with E-state index in [0.717, 1.165) is 65.9 Å². The monoisotopic (exact) mass is 540 g/mol. The second kappa shape index (κ2) is 8.69. The number of benzene rings is 2. The predicted molar refractivity (Wildman–Crippen MR) is 123 cm³/mol. The summed E-state index contributed by atoms with van der Waals surface area (Å²) in [6, 6.07) is 11.4. The molecule has 3 unspecified atom stereocenters. The third-order valence-corrected chi connectivity index (χ3v) is 10.1. The molecule has 0 aromatic heterocycles. The van der Waals surface area contributed by atoms with E-state index in [-0.39, 0.29) is 16.7 Å². The molecule has 0 bridgehead atoms. The van der Waals surface area contributed by atoms with Gasteiger partial charge in [0.05, 0.1) is 4.90 Å². The lowest BCUT2D eigenvalue weighted by molar-refractivity contribution is -0.107. The van der Waals surface area contributed by atoms with Crippen LogP contribution in [-0.2, 0) is 25.8 Å². The predicted octanol–water partition coefficient (Wildman–Crippen LogP) is 5.83. The number of carbonyl (C=O) groups is 1. The Hall–Kier alpha value is -1.28. The number of sulfone groups is 1. The van der Waals surface area contributed by atoms with Crippen LogP contribution in [0.15, 0.2) is 47.4 Å². The van der Waals surface area contributed by atoms with Gasteiger partial charge in [-0.05, 0) is 108 Å². The average Bonchev–Trinajstić information content (AvgIpc) is 3.40. The molecule has 0 heterocycles. The second-order valence-corrected chi connectivity index (χ2v) is 11.9. The van der Waals surface area contributed by atoms with Crippen LogP contribution in [0.4, 0.5) is 4.39 Å². The van der Waals surface area contributed by atoms with Crippen LogP contribution in [0, 0.1) is 21.2 Å². The van der Waals surface area contributed by atoms with Crippen molar-refractivity contribution in [1.29, 1.82) is 0 Å². The van der Waals surface area contributed by atoms with Gasteiger partial charge in [0.25, 0.3) is 0 Å². The fraction of sp³-hybridized carbons (Fsp3) is 0.458. The number of fused-ring (bicyclic) bond motifs is 3. The fourth-order valence-electron chi connectivity index (χ4n) is 5.50. The van der Waals surface area contributed by atoms with E-state index in [0.29, 0.717) is 6.42 Å². The lowest BCUT2D eigenvalue weighted by atomic mass is 9.91. The summed E-state index contributed by atoms with van der Waals surface area (Å²) in [5.74, 6) is -0.209. The molecule has 3 nitrogen and oxygen atoms in total. The zero-order valence-electron chi connectivity index (χ0n) is 16.8. The average molecular weight is 540 g/mol. The number of aryl methyl sites for hydroxylation is 1. The molecule has 0 spiro atoms. The molecule has 0 N–H and O–H groups in total. The molecule has 0 amide bonds. The van der Waals surface area contributed by atoms with Crippen LogP contribution in [0.25, 0.3) is 0 Å². The van der Waals surface area contributed by atoms with Gasteiger partial charge in [-0.2, -0.15) is 0 Å². The summed E-state index contributed by atoms with van der Waals surface area (Å²) in [7, 11) is -3.65. The summed E-state index contributed by atoms with van der Waals surface area (Å²) in [6.07, 6.45) is 8.11. The van der Waals surface area contributed by atoms with Gasteiger partial charge < -0.3 is 4.79 Å². The molecule has 2 aliphatic carbocycles. The molecular formula is C24H26FIO3S. The minimum absolute atomic E-state index is 0.0972. The first-order chi connectivity index (χ1) is 14.4. The smallest absolute Gasteiger partial charge is 0.188 e. The number of carbonyl (C=O) groups excluding carboxylic acids is 1. The summed E-state index contributed by atoms with van der Waals surface area (Å²) in [6.45, 7) is 0. The number of hydrogen-bond acceptors (Lipinski definition) is 3. The van der Waals surface area contributed by atoms with E-state index >= 15 is 0 Å². The summed E-state index contributed by atoms with van der Waals surface area (Å²) in [4.78, 5) is 10.7. The highest BCUT2D eigenvalue weighted by molar-refractivity contribution is 14.1. The first-order valence-electron chi connectivity index (χ1n) is 10.7. The summed E-state index contributed by atoms with van der Waals surface area (Å²) < 4.78 is 41.6.